The number of rotatable bonds is 4. The van der Waals surface area contributed by atoms with Crippen LogP contribution in [0.1, 0.15) is 39.0 Å². The Kier molecular flexibility index (Phi) is 5.05. The van der Waals surface area contributed by atoms with Gasteiger partial charge >= 0.3 is 0 Å². The lowest BCUT2D eigenvalue weighted by Crippen LogP contribution is -2.42. The molecule has 0 aromatic heterocycles. The predicted molar refractivity (Wildman–Crippen MR) is 59.2 cm³/mol. The molecule has 4 N–H and O–H groups in total. The van der Waals surface area contributed by atoms with Crippen molar-refractivity contribution < 1.29 is 9.90 Å². The van der Waals surface area contributed by atoms with Crippen molar-refractivity contribution in [2.24, 2.45) is 11.7 Å². The van der Waals surface area contributed by atoms with Crippen molar-refractivity contribution >= 4 is 5.91 Å². The molecule has 1 saturated carbocycles. The first-order valence-corrected chi connectivity index (χ1v) is 5.84. The van der Waals surface area contributed by atoms with Gasteiger partial charge in [0.25, 0.3) is 0 Å². The highest BCUT2D eigenvalue weighted by Crippen LogP contribution is 2.23. The fraction of sp³-hybridized carbons (Fsp3) is 0.909. The third-order valence-electron chi connectivity index (χ3n) is 3.20. The van der Waals surface area contributed by atoms with Gasteiger partial charge in [0.15, 0.2) is 0 Å². The van der Waals surface area contributed by atoms with Gasteiger partial charge in [0.1, 0.15) is 0 Å². The van der Waals surface area contributed by atoms with Crippen LogP contribution in [0.2, 0.25) is 0 Å². The summed E-state index contributed by atoms with van der Waals surface area (Å²) in [5.41, 5.74) is 5.78. The van der Waals surface area contributed by atoms with Crippen LogP contribution in [0.15, 0.2) is 0 Å². The summed E-state index contributed by atoms with van der Waals surface area (Å²) >= 11 is 0. The van der Waals surface area contributed by atoms with E-state index in [-0.39, 0.29) is 30.5 Å². The fourth-order valence-electron chi connectivity index (χ4n) is 1.98. The van der Waals surface area contributed by atoms with E-state index < -0.39 is 0 Å². The van der Waals surface area contributed by atoms with Gasteiger partial charge in [-0.2, -0.15) is 0 Å². The molecule has 0 bridgehead atoms. The van der Waals surface area contributed by atoms with Crippen molar-refractivity contribution in [2.75, 3.05) is 6.61 Å². The average Bonchev–Trinajstić information content (AvgIpc) is 2.26. The maximum atomic E-state index is 11.8. The lowest BCUT2D eigenvalue weighted by Gasteiger charge is -2.26. The van der Waals surface area contributed by atoms with Crippen molar-refractivity contribution in [1.82, 2.24) is 5.32 Å². The number of nitrogens with two attached hydrogens (primary N) is 1. The van der Waals surface area contributed by atoms with E-state index >= 15 is 0 Å². The van der Waals surface area contributed by atoms with Crippen LogP contribution >= 0.6 is 0 Å². The van der Waals surface area contributed by atoms with Gasteiger partial charge in [0.05, 0.1) is 12.6 Å². The Labute approximate surface area is 91.2 Å². The molecule has 1 atom stereocenters. The lowest BCUT2D eigenvalue weighted by atomic mass is 9.86. The number of aliphatic hydroxyl groups is 1. The second-order valence-corrected chi connectivity index (χ2v) is 4.41. The molecule has 88 valence electrons. The summed E-state index contributed by atoms with van der Waals surface area (Å²) in [4.78, 5) is 11.8. The summed E-state index contributed by atoms with van der Waals surface area (Å²) in [6, 6.07) is 0.182. The molecular formula is C11H22N2O2. The summed E-state index contributed by atoms with van der Waals surface area (Å²) in [6.45, 7) is 1.98. The number of amides is 1. The van der Waals surface area contributed by atoms with Gasteiger partial charge < -0.3 is 16.2 Å². The molecule has 0 aliphatic heterocycles. The Morgan fingerprint density at radius 3 is 2.53 bits per heavy atom. The smallest absolute Gasteiger partial charge is 0.223 e. The zero-order valence-corrected chi connectivity index (χ0v) is 9.41. The highest BCUT2D eigenvalue weighted by molar-refractivity contribution is 5.79. The van der Waals surface area contributed by atoms with Crippen LogP contribution in [-0.4, -0.2) is 29.7 Å². The van der Waals surface area contributed by atoms with E-state index in [4.69, 9.17) is 10.8 Å². The van der Waals surface area contributed by atoms with Gasteiger partial charge in [-0.1, -0.05) is 6.92 Å². The number of hydrogen-bond donors (Lipinski definition) is 3. The molecule has 0 spiro atoms. The maximum Gasteiger partial charge on any atom is 0.223 e. The number of carbonyl (C=O) groups is 1. The van der Waals surface area contributed by atoms with Crippen LogP contribution in [-0.2, 0) is 4.79 Å². The Bertz CT molecular complexity index is 197. The highest BCUT2D eigenvalue weighted by atomic mass is 16.3. The summed E-state index contributed by atoms with van der Waals surface area (Å²) in [5, 5.41) is 11.9. The Morgan fingerprint density at radius 1 is 1.47 bits per heavy atom. The second kappa shape index (κ2) is 6.08. The molecule has 4 heteroatoms. The molecule has 1 aliphatic carbocycles. The number of carbonyl (C=O) groups excluding carboxylic acids is 1. The highest BCUT2D eigenvalue weighted by Gasteiger charge is 2.25. The number of aliphatic hydroxyl groups excluding tert-OH is 1. The normalized spacial score (nSPS) is 28.5. The van der Waals surface area contributed by atoms with Crippen LogP contribution in [0.25, 0.3) is 0 Å². The van der Waals surface area contributed by atoms with Crippen molar-refractivity contribution in [3.8, 4) is 0 Å². The molecular weight excluding hydrogens is 192 g/mol. The van der Waals surface area contributed by atoms with E-state index in [2.05, 4.69) is 5.32 Å². The first-order chi connectivity index (χ1) is 7.17. The third-order valence-corrected chi connectivity index (χ3v) is 3.20. The summed E-state index contributed by atoms with van der Waals surface area (Å²) in [5.74, 6) is 0.188. The molecule has 1 rings (SSSR count). The van der Waals surface area contributed by atoms with E-state index in [1.807, 2.05) is 6.92 Å². The Balaban J connectivity index is 2.33. The number of hydrogen-bond acceptors (Lipinski definition) is 3. The van der Waals surface area contributed by atoms with Crippen LogP contribution < -0.4 is 11.1 Å². The molecule has 0 aromatic carbocycles. The molecule has 1 amide bonds. The van der Waals surface area contributed by atoms with Gasteiger partial charge in [0, 0.05) is 12.0 Å². The largest absolute Gasteiger partial charge is 0.394 e. The third kappa shape index (κ3) is 3.80. The van der Waals surface area contributed by atoms with Crippen molar-refractivity contribution in [1.29, 1.82) is 0 Å². The Morgan fingerprint density at radius 2 is 2.07 bits per heavy atom. The molecule has 0 unspecified atom stereocenters. The topological polar surface area (TPSA) is 75.3 Å². The molecule has 0 aromatic rings. The van der Waals surface area contributed by atoms with Crippen molar-refractivity contribution in [3.63, 3.8) is 0 Å². The zero-order chi connectivity index (χ0) is 11.3. The zero-order valence-electron chi connectivity index (χ0n) is 9.41. The number of nitrogens with one attached hydrogen (secondary N) is 1. The van der Waals surface area contributed by atoms with Gasteiger partial charge in [0.2, 0.25) is 5.91 Å². The maximum absolute atomic E-state index is 11.8. The minimum absolute atomic E-state index is 0.0223. The first kappa shape index (κ1) is 12.5. The molecule has 4 nitrogen and oxygen atoms in total. The van der Waals surface area contributed by atoms with Crippen LogP contribution in [0.3, 0.4) is 0 Å². The van der Waals surface area contributed by atoms with Crippen LogP contribution in [0.5, 0.6) is 0 Å². The van der Waals surface area contributed by atoms with Gasteiger partial charge in [-0.25, -0.2) is 0 Å². The summed E-state index contributed by atoms with van der Waals surface area (Å²) in [6.07, 6.45) is 4.42. The molecule has 1 aliphatic rings. The van der Waals surface area contributed by atoms with Crippen molar-refractivity contribution in [2.45, 2.75) is 51.1 Å². The molecule has 15 heavy (non-hydrogen) atoms. The van der Waals surface area contributed by atoms with E-state index in [9.17, 15) is 4.79 Å². The van der Waals surface area contributed by atoms with E-state index in [1.54, 1.807) is 0 Å². The summed E-state index contributed by atoms with van der Waals surface area (Å²) < 4.78 is 0. The Hall–Kier alpha value is -0.610. The van der Waals surface area contributed by atoms with Gasteiger partial charge in [-0.15, -0.1) is 0 Å². The molecule has 0 radical (unpaired) electrons. The lowest BCUT2D eigenvalue weighted by molar-refractivity contribution is -0.127. The fourth-order valence-corrected chi connectivity index (χ4v) is 1.98. The minimum atomic E-state index is -0.0897. The van der Waals surface area contributed by atoms with Crippen molar-refractivity contribution in [3.05, 3.63) is 0 Å². The van der Waals surface area contributed by atoms with Crippen LogP contribution in [0, 0.1) is 5.92 Å². The van der Waals surface area contributed by atoms with Gasteiger partial charge in [-0.05, 0) is 32.1 Å². The van der Waals surface area contributed by atoms with E-state index in [0.29, 0.717) is 0 Å². The van der Waals surface area contributed by atoms with Gasteiger partial charge in [-0.3, -0.25) is 4.79 Å². The minimum Gasteiger partial charge on any atom is -0.394 e. The standard InChI is InChI=1S/C11H22N2O2/c1-2-10(7-14)13-11(15)8-3-5-9(12)6-4-8/h8-10,14H,2-7,12H2,1H3,(H,13,15)/t8?,9?,10-/m0/s1. The first-order valence-electron chi connectivity index (χ1n) is 5.84. The van der Waals surface area contributed by atoms with E-state index in [0.717, 1.165) is 32.1 Å². The molecule has 0 heterocycles. The predicted octanol–water partition coefficient (Wildman–Crippen LogP) is 0.391. The molecule has 0 saturated heterocycles. The quantitative estimate of drug-likeness (QED) is 0.633. The monoisotopic (exact) mass is 214 g/mol. The van der Waals surface area contributed by atoms with Crippen LogP contribution in [0.4, 0.5) is 0 Å². The second-order valence-electron chi connectivity index (χ2n) is 4.41. The summed E-state index contributed by atoms with van der Waals surface area (Å²) in [7, 11) is 0. The van der Waals surface area contributed by atoms with E-state index in [1.165, 1.54) is 0 Å². The molecule has 1 fully saturated rings. The average molecular weight is 214 g/mol. The SMILES string of the molecule is CC[C@@H](CO)NC(=O)C1CCC(N)CC1.